The monoisotopic (exact) mass is 469 g/mol. The number of nitrogens with one attached hydrogen (secondary N) is 2. The molecule has 1 unspecified atom stereocenters. The van der Waals surface area contributed by atoms with Crippen LogP contribution in [0.4, 0.5) is 5.69 Å². The minimum atomic E-state index is -3.63. The molecule has 1 amide bonds. The average Bonchev–Trinajstić information content (AvgIpc) is 2.83. The minimum absolute atomic E-state index is 0.106. The Hall–Kier alpha value is -3.43. The van der Waals surface area contributed by atoms with Crippen LogP contribution in [0.5, 0.6) is 11.5 Å². The molecule has 0 radical (unpaired) electrons. The van der Waals surface area contributed by atoms with Gasteiger partial charge in [-0.2, -0.15) is 0 Å². The fourth-order valence-electron chi connectivity index (χ4n) is 2.92. The van der Waals surface area contributed by atoms with E-state index in [0.717, 1.165) is 5.56 Å². The number of amides is 1. The summed E-state index contributed by atoms with van der Waals surface area (Å²) in [5.74, 6) is 0.620. The van der Waals surface area contributed by atoms with E-state index < -0.39 is 10.0 Å². The van der Waals surface area contributed by atoms with E-state index in [1.54, 1.807) is 37.5 Å². The molecule has 0 aliphatic carbocycles. The number of anilines is 1. The van der Waals surface area contributed by atoms with Crippen molar-refractivity contribution >= 4 is 21.6 Å². The molecule has 3 rings (SSSR count). The van der Waals surface area contributed by atoms with Crippen LogP contribution in [0.1, 0.15) is 36.2 Å². The van der Waals surface area contributed by atoms with E-state index >= 15 is 0 Å². The van der Waals surface area contributed by atoms with Gasteiger partial charge in [0.25, 0.3) is 5.91 Å². The first kappa shape index (κ1) is 24.2. The van der Waals surface area contributed by atoms with Crippen molar-refractivity contribution in [1.82, 2.24) is 9.71 Å². The molecule has 0 aliphatic rings. The van der Waals surface area contributed by atoms with E-state index in [1.807, 2.05) is 19.1 Å². The summed E-state index contributed by atoms with van der Waals surface area (Å²) in [6.07, 6.45) is 4.07. The van der Waals surface area contributed by atoms with Crippen molar-refractivity contribution in [3.05, 3.63) is 78.1 Å². The number of carbonyl (C=O) groups excluding carboxylic acids is 1. The molecule has 9 heteroatoms. The zero-order chi connectivity index (χ0) is 23.8. The van der Waals surface area contributed by atoms with Gasteiger partial charge in [-0.05, 0) is 55.8 Å². The van der Waals surface area contributed by atoms with Gasteiger partial charge in [-0.1, -0.05) is 13.0 Å². The molecule has 2 N–H and O–H groups in total. The van der Waals surface area contributed by atoms with E-state index in [0.29, 0.717) is 35.8 Å². The number of methoxy groups -OCH3 is 1. The van der Waals surface area contributed by atoms with Gasteiger partial charge in [-0.3, -0.25) is 9.78 Å². The summed E-state index contributed by atoms with van der Waals surface area (Å²) in [5, 5.41) is 2.80. The number of ether oxygens (including phenoxy) is 2. The maximum Gasteiger partial charge on any atom is 0.255 e. The number of nitrogens with zero attached hydrogens (tertiary/aromatic N) is 1. The smallest absolute Gasteiger partial charge is 0.255 e. The highest BCUT2D eigenvalue weighted by Gasteiger charge is 2.17. The summed E-state index contributed by atoms with van der Waals surface area (Å²) in [6.45, 7) is 3.99. The highest BCUT2D eigenvalue weighted by Crippen LogP contribution is 2.31. The molecule has 1 heterocycles. The number of sulfonamides is 1. The fourth-order valence-corrected chi connectivity index (χ4v) is 4.24. The summed E-state index contributed by atoms with van der Waals surface area (Å²) in [5.41, 5.74) is 1.73. The Labute approximate surface area is 194 Å². The highest BCUT2D eigenvalue weighted by molar-refractivity contribution is 7.89. The lowest BCUT2D eigenvalue weighted by molar-refractivity contribution is 0.102. The van der Waals surface area contributed by atoms with Gasteiger partial charge in [-0.25, -0.2) is 13.1 Å². The van der Waals surface area contributed by atoms with Gasteiger partial charge in [0, 0.05) is 41.3 Å². The second-order valence-electron chi connectivity index (χ2n) is 7.42. The van der Waals surface area contributed by atoms with Gasteiger partial charge in [0.1, 0.15) is 6.61 Å². The van der Waals surface area contributed by atoms with Crippen molar-refractivity contribution in [2.45, 2.75) is 37.8 Å². The molecule has 2 aromatic carbocycles. The number of carbonyl (C=O) groups is 1. The summed E-state index contributed by atoms with van der Waals surface area (Å²) >= 11 is 0. The lowest BCUT2D eigenvalue weighted by atomic mass is 10.2. The SMILES string of the molecule is CCC(C)NS(=O)(=O)c1ccc(C(=O)Nc2ccc(OC)c(OCc3cccnc3)c2)cc1. The highest BCUT2D eigenvalue weighted by atomic mass is 32.2. The van der Waals surface area contributed by atoms with Gasteiger partial charge in [-0.15, -0.1) is 0 Å². The summed E-state index contributed by atoms with van der Waals surface area (Å²) in [4.78, 5) is 16.9. The van der Waals surface area contributed by atoms with Gasteiger partial charge in [0.2, 0.25) is 10.0 Å². The Kier molecular flexibility index (Phi) is 8.02. The molecule has 0 saturated carbocycles. The van der Waals surface area contributed by atoms with E-state index in [1.165, 1.54) is 31.4 Å². The molecular formula is C24H27N3O5S. The molecule has 0 bridgehead atoms. The Balaban J connectivity index is 1.70. The Bertz CT molecular complexity index is 1180. The number of benzene rings is 2. The summed E-state index contributed by atoms with van der Waals surface area (Å²) in [6, 6.07) is 14.4. The van der Waals surface area contributed by atoms with Gasteiger partial charge in [0.05, 0.1) is 12.0 Å². The molecule has 174 valence electrons. The molecule has 1 atom stereocenters. The maximum absolute atomic E-state index is 12.7. The first-order chi connectivity index (χ1) is 15.8. The van der Waals surface area contributed by atoms with Crippen molar-refractivity contribution in [3.63, 3.8) is 0 Å². The normalized spacial score (nSPS) is 12.1. The van der Waals surface area contributed by atoms with Crippen LogP contribution in [0.3, 0.4) is 0 Å². The zero-order valence-electron chi connectivity index (χ0n) is 18.7. The van der Waals surface area contributed by atoms with Crippen LogP contribution in [0.25, 0.3) is 0 Å². The lowest BCUT2D eigenvalue weighted by Gasteiger charge is -2.14. The number of pyridine rings is 1. The van der Waals surface area contributed by atoms with Crippen LogP contribution in [-0.2, 0) is 16.6 Å². The molecule has 0 aliphatic heterocycles. The maximum atomic E-state index is 12.7. The number of hydrogen-bond donors (Lipinski definition) is 2. The third-order valence-corrected chi connectivity index (χ3v) is 6.54. The van der Waals surface area contributed by atoms with E-state index in [-0.39, 0.29) is 16.8 Å². The van der Waals surface area contributed by atoms with Gasteiger partial charge >= 0.3 is 0 Å². The van der Waals surface area contributed by atoms with Crippen LogP contribution in [0.2, 0.25) is 0 Å². The van der Waals surface area contributed by atoms with Crippen LogP contribution in [-0.4, -0.2) is 32.5 Å². The van der Waals surface area contributed by atoms with Gasteiger partial charge < -0.3 is 14.8 Å². The molecule has 0 spiro atoms. The Morgan fingerprint density at radius 2 is 1.85 bits per heavy atom. The van der Waals surface area contributed by atoms with Crippen molar-refractivity contribution in [2.24, 2.45) is 0 Å². The first-order valence-electron chi connectivity index (χ1n) is 10.5. The standard InChI is InChI=1S/C24H27N3O5S/c1-4-17(2)27-33(29,30)21-10-7-19(8-11-21)24(28)26-20-9-12-22(31-3)23(14-20)32-16-18-6-5-13-25-15-18/h5-15,17,27H,4,16H2,1-3H3,(H,26,28). The van der Waals surface area contributed by atoms with E-state index in [2.05, 4.69) is 15.0 Å². The minimum Gasteiger partial charge on any atom is -0.493 e. The van der Waals surface area contributed by atoms with E-state index in [9.17, 15) is 13.2 Å². The van der Waals surface area contributed by atoms with Crippen LogP contribution in [0.15, 0.2) is 71.9 Å². The van der Waals surface area contributed by atoms with Gasteiger partial charge in [0.15, 0.2) is 11.5 Å². The molecule has 3 aromatic rings. The van der Waals surface area contributed by atoms with Crippen molar-refractivity contribution in [1.29, 1.82) is 0 Å². The molecule has 8 nitrogen and oxygen atoms in total. The third kappa shape index (κ3) is 6.53. The largest absolute Gasteiger partial charge is 0.493 e. The fraction of sp³-hybridized carbons (Fsp3) is 0.250. The zero-order valence-corrected chi connectivity index (χ0v) is 19.6. The lowest BCUT2D eigenvalue weighted by Crippen LogP contribution is -2.32. The Morgan fingerprint density at radius 3 is 2.48 bits per heavy atom. The second kappa shape index (κ2) is 10.9. The predicted molar refractivity (Wildman–Crippen MR) is 126 cm³/mol. The first-order valence-corrected chi connectivity index (χ1v) is 11.9. The summed E-state index contributed by atoms with van der Waals surface area (Å²) < 4.78 is 38.6. The molecule has 0 saturated heterocycles. The average molecular weight is 470 g/mol. The molecule has 33 heavy (non-hydrogen) atoms. The molecule has 1 aromatic heterocycles. The summed E-state index contributed by atoms with van der Waals surface area (Å²) in [7, 11) is -2.09. The molecular weight excluding hydrogens is 442 g/mol. The van der Waals surface area contributed by atoms with Crippen molar-refractivity contribution in [2.75, 3.05) is 12.4 Å². The quantitative estimate of drug-likeness (QED) is 0.465. The van der Waals surface area contributed by atoms with Crippen LogP contribution < -0.4 is 19.5 Å². The number of rotatable bonds is 10. The van der Waals surface area contributed by atoms with Crippen LogP contribution in [0, 0.1) is 0 Å². The predicted octanol–water partition coefficient (Wildman–Crippen LogP) is 4.00. The molecule has 0 fully saturated rings. The van der Waals surface area contributed by atoms with Crippen molar-refractivity contribution in [3.8, 4) is 11.5 Å². The topological polar surface area (TPSA) is 107 Å². The number of aromatic nitrogens is 1. The van der Waals surface area contributed by atoms with E-state index in [4.69, 9.17) is 9.47 Å². The van der Waals surface area contributed by atoms with Crippen LogP contribution >= 0.6 is 0 Å². The number of hydrogen-bond acceptors (Lipinski definition) is 6. The third-order valence-electron chi connectivity index (χ3n) is 4.93. The van der Waals surface area contributed by atoms with Crippen molar-refractivity contribution < 1.29 is 22.7 Å². The second-order valence-corrected chi connectivity index (χ2v) is 9.14. The Morgan fingerprint density at radius 1 is 1.09 bits per heavy atom.